The average molecular weight is 310 g/mol. The molecule has 0 bridgehead atoms. The van der Waals surface area contributed by atoms with Crippen LogP contribution in [-0.4, -0.2) is 25.3 Å². The third kappa shape index (κ3) is 3.51. The van der Waals surface area contributed by atoms with Gasteiger partial charge in [0.2, 0.25) is 0 Å². The highest BCUT2D eigenvalue weighted by Crippen LogP contribution is 2.49. The van der Waals surface area contributed by atoms with Gasteiger partial charge in [-0.25, -0.2) is 4.39 Å². The van der Waals surface area contributed by atoms with Crippen LogP contribution in [0.1, 0.15) is 50.2 Å². The van der Waals surface area contributed by atoms with E-state index in [0.29, 0.717) is 23.0 Å². The Morgan fingerprint density at radius 3 is 2.32 bits per heavy atom. The van der Waals surface area contributed by atoms with E-state index in [1.165, 1.54) is 28.1 Å². The number of aliphatic carboxylic acids is 1. The molecule has 1 unspecified atom stereocenters. The van der Waals surface area contributed by atoms with Crippen LogP contribution in [0.4, 0.5) is 4.39 Å². The first-order chi connectivity index (χ1) is 10.3. The van der Waals surface area contributed by atoms with Gasteiger partial charge in [0.25, 0.3) is 0 Å². The lowest BCUT2D eigenvalue weighted by atomic mass is 9.87. The molecule has 2 rings (SSSR count). The van der Waals surface area contributed by atoms with Gasteiger partial charge in [-0.3, -0.25) is 4.79 Å². The molecule has 1 aliphatic carbocycles. The number of ether oxygens (including phenoxy) is 2. The van der Waals surface area contributed by atoms with Gasteiger partial charge in [0.05, 0.1) is 20.6 Å². The van der Waals surface area contributed by atoms with Crippen molar-refractivity contribution in [1.29, 1.82) is 0 Å². The number of carbonyl (C=O) groups is 1. The van der Waals surface area contributed by atoms with Crippen LogP contribution >= 0.6 is 0 Å². The predicted molar refractivity (Wildman–Crippen MR) is 81.4 cm³/mol. The molecular formula is C17H23FO4. The summed E-state index contributed by atoms with van der Waals surface area (Å²) in [5, 5.41) is 9.16. The lowest BCUT2D eigenvalue weighted by Crippen LogP contribution is -2.14. The number of carboxylic acids is 1. The third-order valence-corrected chi connectivity index (χ3v) is 4.18. The first kappa shape index (κ1) is 16.6. The first-order valence-electron chi connectivity index (χ1n) is 7.45. The molecule has 0 radical (unpaired) electrons. The molecule has 1 N–H and O–H groups in total. The Morgan fingerprint density at radius 2 is 1.91 bits per heavy atom. The molecule has 1 fully saturated rings. The van der Waals surface area contributed by atoms with Crippen molar-refractivity contribution in [1.82, 2.24) is 0 Å². The highest BCUT2D eigenvalue weighted by Gasteiger charge is 2.37. The van der Waals surface area contributed by atoms with Crippen molar-refractivity contribution in [3.8, 4) is 11.5 Å². The topological polar surface area (TPSA) is 55.8 Å². The monoisotopic (exact) mass is 310 g/mol. The second-order valence-corrected chi connectivity index (χ2v) is 6.31. The van der Waals surface area contributed by atoms with Gasteiger partial charge in [-0.1, -0.05) is 0 Å². The molecule has 0 aliphatic heterocycles. The molecule has 22 heavy (non-hydrogen) atoms. The highest BCUT2D eigenvalue weighted by atomic mass is 19.1. The van der Waals surface area contributed by atoms with Crippen molar-refractivity contribution < 1.29 is 23.8 Å². The summed E-state index contributed by atoms with van der Waals surface area (Å²) in [4.78, 5) is 11.2. The molecular weight excluding hydrogens is 287 g/mol. The van der Waals surface area contributed by atoms with Crippen LogP contribution < -0.4 is 9.47 Å². The van der Waals surface area contributed by atoms with Gasteiger partial charge in [0.15, 0.2) is 0 Å². The van der Waals surface area contributed by atoms with Gasteiger partial charge in [-0.15, -0.1) is 0 Å². The Balaban J connectivity index is 2.52. The third-order valence-electron chi connectivity index (χ3n) is 4.18. The number of methoxy groups -OCH3 is 2. The summed E-state index contributed by atoms with van der Waals surface area (Å²) >= 11 is 0. The molecule has 5 heteroatoms. The van der Waals surface area contributed by atoms with Crippen LogP contribution in [0, 0.1) is 5.92 Å². The molecule has 1 aliphatic rings. The van der Waals surface area contributed by atoms with Crippen LogP contribution in [0.3, 0.4) is 0 Å². The van der Waals surface area contributed by atoms with Crippen molar-refractivity contribution in [2.75, 3.05) is 14.2 Å². The summed E-state index contributed by atoms with van der Waals surface area (Å²) in [7, 11) is 3.01. The van der Waals surface area contributed by atoms with Crippen molar-refractivity contribution in [3.05, 3.63) is 23.3 Å². The van der Waals surface area contributed by atoms with Crippen molar-refractivity contribution in [3.63, 3.8) is 0 Å². The average Bonchev–Trinajstić information content (AvgIpc) is 3.26. The standard InChI is InChI=1S/C17H23FO4/c1-17(2,18)13-9-14(21-3)12(7-15(13)22-4)11(8-16(19)20)10-5-6-10/h7,9-11H,5-6,8H2,1-4H3,(H,19,20). The number of rotatable bonds is 7. The summed E-state index contributed by atoms with van der Waals surface area (Å²) in [5.41, 5.74) is -0.378. The molecule has 1 saturated carbocycles. The van der Waals surface area contributed by atoms with Crippen molar-refractivity contribution in [2.24, 2.45) is 5.92 Å². The number of carboxylic acid groups (broad SMARTS) is 1. The highest BCUT2D eigenvalue weighted by molar-refractivity contribution is 5.69. The Hall–Kier alpha value is -1.78. The molecule has 122 valence electrons. The zero-order valence-corrected chi connectivity index (χ0v) is 13.5. The second-order valence-electron chi connectivity index (χ2n) is 6.31. The van der Waals surface area contributed by atoms with Gasteiger partial charge in [-0.2, -0.15) is 0 Å². The van der Waals surface area contributed by atoms with Crippen LogP contribution in [0.2, 0.25) is 0 Å². The van der Waals surface area contributed by atoms with Gasteiger partial charge >= 0.3 is 5.97 Å². The van der Waals surface area contributed by atoms with Crippen molar-refractivity contribution in [2.45, 2.75) is 44.7 Å². The number of hydrogen-bond donors (Lipinski definition) is 1. The number of alkyl halides is 1. The quantitative estimate of drug-likeness (QED) is 0.830. The minimum atomic E-state index is -1.57. The van der Waals surface area contributed by atoms with Crippen LogP contribution in [0.25, 0.3) is 0 Å². The Morgan fingerprint density at radius 1 is 1.32 bits per heavy atom. The molecule has 0 heterocycles. The van der Waals surface area contributed by atoms with E-state index in [1.807, 2.05) is 0 Å². The predicted octanol–water partition coefficient (Wildman–Crippen LogP) is 3.88. The SMILES string of the molecule is COc1cc(C(C)(C)F)c(OC)cc1C(CC(=O)O)C1CC1. The summed E-state index contributed by atoms with van der Waals surface area (Å²) in [6.45, 7) is 2.92. The molecule has 1 aromatic rings. The molecule has 0 saturated heterocycles. The Labute approximate surface area is 130 Å². The van der Waals surface area contributed by atoms with Gasteiger partial charge in [-0.05, 0) is 44.7 Å². The number of hydrogen-bond acceptors (Lipinski definition) is 3. The maximum atomic E-state index is 14.4. The number of benzene rings is 1. The first-order valence-corrected chi connectivity index (χ1v) is 7.45. The zero-order valence-electron chi connectivity index (χ0n) is 13.5. The minimum Gasteiger partial charge on any atom is -0.496 e. The molecule has 0 aromatic heterocycles. The van der Waals surface area contributed by atoms with Crippen LogP contribution in [-0.2, 0) is 10.5 Å². The van der Waals surface area contributed by atoms with Crippen molar-refractivity contribution >= 4 is 5.97 Å². The molecule has 4 nitrogen and oxygen atoms in total. The summed E-state index contributed by atoms with van der Waals surface area (Å²) in [6, 6.07) is 3.37. The Bertz CT molecular complexity index is 559. The van der Waals surface area contributed by atoms with E-state index in [1.54, 1.807) is 12.1 Å². The smallest absolute Gasteiger partial charge is 0.303 e. The van der Waals surface area contributed by atoms with E-state index in [-0.39, 0.29) is 12.3 Å². The van der Waals surface area contributed by atoms with E-state index < -0.39 is 11.6 Å². The molecule has 1 atom stereocenters. The fraction of sp³-hybridized carbons (Fsp3) is 0.588. The second kappa shape index (κ2) is 6.15. The van der Waals surface area contributed by atoms with Crippen LogP contribution in [0.15, 0.2) is 12.1 Å². The van der Waals surface area contributed by atoms with Gasteiger partial charge in [0.1, 0.15) is 17.2 Å². The molecule has 0 amide bonds. The fourth-order valence-corrected chi connectivity index (χ4v) is 2.89. The number of halogens is 1. The lowest BCUT2D eigenvalue weighted by molar-refractivity contribution is -0.137. The zero-order chi connectivity index (χ0) is 16.5. The maximum Gasteiger partial charge on any atom is 0.303 e. The Kier molecular flexibility index (Phi) is 4.63. The summed E-state index contributed by atoms with van der Waals surface area (Å²) in [5.74, 6) is 0.337. The minimum absolute atomic E-state index is 0.0442. The largest absolute Gasteiger partial charge is 0.496 e. The van der Waals surface area contributed by atoms with E-state index >= 15 is 0 Å². The van der Waals surface area contributed by atoms with E-state index in [0.717, 1.165) is 18.4 Å². The molecule has 1 aromatic carbocycles. The maximum absolute atomic E-state index is 14.4. The van der Waals surface area contributed by atoms with Crippen LogP contribution in [0.5, 0.6) is 11.5 Å². The van der Waals surface area contributed by atoms with Gasteiger partial charge in [0, 0.05) is 17.0 Å². The normalized spacial score (nSPS) is 16.2. The molecule has 0 spiro atoms. The summed E-state index contributed by atoms with van der Waals surface area (Å²) < 4.78 is 25.1. The lowest BCUT2D eigenvalue weighted by Gasteiger charge is -2.24. The fourth-order valence-electron chi connectivity index (χ4n) is 2.89. The van der Waals surface area contributed by atoms with E-state index in [9.17, 15) is 9.18 Å². The summed E-state index contributed by atoms with van der Waals surface area (Å²) in [6.07, 6.45) is 2.07. The van der Waals surface area contributed by atoms with E-state index in [2.05, 4.69) is 0 Å². The van der Waals surface area contributed by atoms with Gasteiger partial charge < -0.3 is 14.6 Å². The van der Waals surface area contributed by atoms with E-state index in [4.69, 9.17) is 14.6 Å².